The van der Waals surface area contributed by atoms with E-state index in [4.69, 9.17) is 5.73 Å². The number of nitrogens with two attached hydrogens (primary N) is 1. The van der Waals surface area contributed by atoms with Gasteiger partial charge in [0.1, 0.15) is 0 Å². The third kappa shape index (κ3) is 1.44. The normalized spacial score (nSPS) is 10.1. The molecule has 0 amide bonds. The van der Waals surface area contributed by atoms with Crippen molar-refractivity contribution in [3.8, 4) is 11.1 Å². The second-order valence-electron chi connectivity index (χ2n) is 2.96. The first-order chi connectivity index (χ1) is 6.79. The first-order valence-electron chi connectivity index (χ1n) is 4.23. The van der Waals surface area contributed by atoms with Gasteiger partial charge in [0.25, 0.3) is 0 Å². The molecule has 2 rings (SSSR count). The van der Waals surface area contributed by atoms with Crippen LogP contribution >= 0.6 is 0 Å². The number of nitrogens with zero attached hydrogens (tertiary/aromatic N) is 1. The fourth-order valence-electron chi connectivity index (χ4n) is 1.28. The highest BCUT2D eigenvalue weighted by Crippen LogP contribution is 2.24. The van der Waals surface area contributed by atoms with E-state index in [-0.39, 0.29) is 5.69 Å². The minimum absolute atomic E-state index is 0.0753. The van der Waals surface area contributed by atoms with E-state index in [2.05, 4.69) is 4.98 Å². The van der Waals surface area contributed by atoms with Crippen molar-refractivity contribution in [3.63, 3.8) is 0 Å². The van der Waals surface area contributed by atoms with Gasteiger partial charge in [-0.3, -0.25) is 4.98 Å². The Morgan fingerprint density at radius 3 is 2.50 bits per heavy atom. The summed E-state index contributed by atoms with van der Waals surface area (Å²) in [5.74, 6) is -0.411. The van der Waals surface area contributed by atoms with E-state index in [9.17, 15) is 4.39 Å². The SMILES string of the molecule is Nc1cncc(-c2ccccc2)c1F. The van der Waals surface area contributed by atoms with Crippen molar-refractivity contribution < 1.29 is 4.39 Å². The number of rotatable bonds is 1. The fraction of sp³-hybridized carbons (Fsp3) is 0. The lowest BCUT2D eigenvalue weighted by Crippen LogP contribution is -1.94. The van der Waals surface area contributed by atoms with Gasteiger partial charge >= 0.3 is 0 Å². The summed E-state index contributed by atoms with van der Waals surface area (Å²) in [6.45, 7) is 0. The zero-order chi connectivity index (χ0) is 9.97. The number of pyridine rings is 1. The van der Waals surface area contributed by atoms with Crippen LogP contribution in [0.5, 0.6) is 0 Å². The molecule has 0 bridgehead atoms. The van der Waals surface area contributed by atoms with Gasteiger partial charge < -0.3 is 5.73 Å². The molecule has 0 atom stereocenters. The maximum absolute atomic E-state index is 13.5. The Kier molecular flexibility index (Phi) is 2.14. The summed E-state index contributed by atoms with van der Waals surface area (Å²) in [6.07, 6.45) is 2.78. The summed E-state index contributed by atoms with van der Waals surface area (Å²) in [7, 11) is 0. The summed E-state index contributed by atoms with van der Waals surface area (Å²) in [5, 5.41) is 0. The van der Waals surface area contributed by atoms with E-state index in [0.717, 1.165) is 5.56 Å². The van der Waals surface area contributed by atoms with E-state index >= 15 is 0 Å². The molecule has 0 aliphatic rings. The van der Waals surface area contributed by atoms with Crippen LogP contribution in [0.3, 0.4) is 0 Å². The number of aromatic nitrogens is 1. The molecule has 2 nitrogen and oxygen atoms in total. The minimum Gasteiger partial charge on any atom is -0.395 e. The van der Waals surface area contributed by atoms with Crippen molar-refractivity contribution in [1.82, 2.24) is 4.98 Å². The second kappa shape index (κ2) is 3.46. The van der Waals surface area contributed by atoms with Gasteiger partial charge in [0, 0.05) is 11.8 Å². The van der Waals surface area contributed by atoms with Gasteiger partial charge in [-0.1, -0.05) is 30.3 Å². The van der Waals surface area contributed by atoms with Crippen LogP contribution in [0.15, 0.2) is 42.7 Å². The highest BCUT2D eigenvalue weighted by atomic mass is 19.1. The standard InChI is InChI=1S/C11H9FN2/c12-11-9(6-14-7-10(11)13)8-4-2-1-3-5-8/h1-7H,13H2. The summed E-state index contributed by atoms with van der Waals surface area (Å²) in [4.78, 5) is 3.86. The van der Waals surface area contributed by atoms with E-state index in [0.29, 0.717) is 5.56 Å². The topological polar surface area (TPSA) is 38.9 Å². The van der Waals surface area contributed by atoms with Crippen molar-refractivity contribution in [3.05, 3.63) is 48.5 Å². The molecule has 2 N–H and O–H groups in total. The van der Waals surface area contributed by atoms with Gasteiger partial charge in [-0.2, -0.15) is 0 Å². The van der Waals surface area contributed by atoms with E-state index in [1.54, 1.807) is 0 Å². The predicted octanol–water partition coefficient (Wildman–Crippen LogP) is 2.47. The van der Waals surface area contributed by atoms with Gasteiger partial charge in [-0.15, -0.1) is 0 Å². The van der Waals surface area contributed by atoms with Gasteiger partial charge in [0.05, 0.1) is 11.9 Å². The Hall–Kier alpha value is -1.90. The number of hydrogen-bond donors (Lipinski definition) is 1. The molecular formula is C11H9FN2. The average Bonchev–Trinajstić information content (AvgIpc) is 2.23. The molecule has 1 heterocycles. The molecule has 70 valence electrons. The molecule has 0 aliphatic carbocycles. The van der Waals surface area contributed by atoms with E-state index in [1.807, 2.05) is 30.3 Å². The van der Waals surface area contributed by atoms with Crippen LogP contribution in [0.1, 0.15) is 0 Å². The fourth-order valence-corrected chi connectivity index (χ4v) is 1.28. The number of halogens is 1. The van der Waals surface area contributed by atoms with E-state index in [1.165, 1.54) is 12.4 Å². The van der Waals surface area contributed by atoms with Gasteiger partial charge in [-0.25, -0.2) is 4.39 Å². The molecule has 1 aromatic heterocycles. The summed E-state index contributed by atoms with van der Waals surface area (Å²) >= 11 is 0. The molecule has 14 heavy (non-hydrogen) atoms. The summed E-state index contributed by atoms with van der Waals surface area (Å²) < 4.78 is 13.5. The number of anilines is 1. The lowest BCUT2D eigenvalue weighted by molar-refractivity contribution is 0.634. The average molecular weight is 188 g/mol. The van der Waals surface area contributed by atoms with Crippen LogP contribution in [0.2, 0.25) is 0 Å². The van der Waals surface area contributed by atoms with Crippen molar-refractivity contribution in [1.29, 1.82) is 0 Å². The lowest BCUT2D eigenvalue weighted by Gasteiger charge is -2.03. The summed E-state index contributed by atoms with van der Waals surface area (Å²) in [6, 6.07) is 9.20. The van der Waals surface area contributed by atoms with Gasteiger partial charge in [0.15, 0.2) is 5.82 Å². The second-order valence-corrected chi connectivity index (χ2v) is 2.96. The Morgan fingerprint density at radius 1 is 1.07 bits per heavy atom. The minimum atomic E-state index is -0.411. The van der Waals surface area contributed by atoms with Gasteiger partial charge in [0.2, 0.25) is 0 Å². The molecule has 0 radical (unpaired) electrons. The molecule has 0 saturated heterocycles. The molecular weight excluding hydrogens is 179 g/mol. The number of hydrogen-bond acceptors (Lipinski definition) is 2. The number of nitrogen functional groups attached to an aromatic ring is 1. The highest BCUT2D eigenvalue weighted by Gasteiger charge is 2.07. The smallest absolute Gasteiger partial charge is 0.157 e. The van der Waals surface area contributed by atoms with Crippen molar-refractivity contribution in [2.45, 2.75) is 0 Å². The van der Waals surface area contributed by atoms with Crippen molar-refractivity contribution in [2.75, 3.05) is 5.73 Å². The Labute approximate surface area is 81.2 Å². The zero-order valence-electron chi connectivity index (χ0n) is 7.44. The third-order valence-corrected chi connectivity index (χ3v) is 1.99. The molecule has 3 heteroatoms. The monoisotopic (exact) mass is 188 g/mol. The zero-order valence-corrected chi connectivity index (χ0v) is 7.44. The Bertz CT molecular complexity index is 440. The van der Waals surface area contributed by atoms with Gasteiger partial charge in [-0.05, 0) is 5.56 Å². The highest BCUT2D eigenvalue weighted by molar-refractivity contribution is 5.66. The number of benzene rings is 1. The Morgan fingerprint density at radius 2 is 1.79 bits per heavy atom. The summed E-state index contributed by atoms with van der Waals surface area (Å²) in [5.41, 5.74) is 6.71. The largest absolute Gasteiger partial charge is 0.395 e. The van der Waals surface area contributed by atoms with E-state index < -0.39 is 5.82 Å². The first-order valence-corrected chi connectivity index (χ1v) is 4.23. The van der Waals surface area contributed by atoms with Crippen LogP contribution in [0, 0.1) is 5.82 Å². The molecule has 0 saturated carbocycles. The lowest BCUT2D eigenvalue weighted by atomic mass is 10.1. The van der Waals surface area contributed by atoms with Crippen LogP contribution in [0.25, 0.3) is 11.1 Å². The predicted molar refractivity (Wildman–Crippen MR) is 54.0 cm³/mol. The molecule has 0 aliphatic heterocycles. The molecule has 0 unspecified atom stereocenters. The third-order valence-electron chi connectivity index (χ3n) is 1.99. The van der Waals surface area contributed by atoms with Crippen LogP contribution in [0.4, 0.5) is 10.1 Å². The quantitative estimate of drug-likeness (QED) is 0.746. The van der Waals surface area contributed by atoms with Crippen molar-refractivity contribution in [2.24, 2.45) is 0 Å². The molecule has 0 fully saturated rings. The maximum atomic E-state index is 13.5. The van der Waals surface area contributed by atoms with Crippen LogP contribution in [-0.2, 0) is 0 Å². The Balaban J connectivity index is 2.58. The molecule has 1 aromatic carbocycles. The van der Waals surface area contributed by atoms with Crippen LogP contribution < -0.4 is 5.73 Å². The van der Waals surface area contributed by atoms with Crippen LogP contribution in [-0.4, -0.2) is 4.98 Å². The molecule has 2 aromatic rings. The molecule has 0 spiro atoms. The first kappa shape index (κ1) is 8.69. The van der Waals surface area contributed by atoms with Crippen molar-refractivity contribution >= 4 is 5.69 Å². The maximum Gasteiger partial charge on any atom is 0.157 e.